The molecule has 5 nitrogen and oxygen atoms in total. The number of carbonyl (C=O) groups excluding carboxylic acids is 2. The second-order valence-electron chi connectivity index (χ2n) is 6.28. The molecule has 132 valence electrons. The van der Waals surface area contributed by atoms with E-state index in [9.17, 15) is 9.59 Å². The fourth-order valence-electron chi connectivity index (χ4n) is 2.84. The van der Waals surface area contributed by atoms with Crippen molar-refractivity contribution >= 4 is 23.9 Å². The van der Waals surface area contributed by atoms with Crippen molar-refractivity contribution in [3.8, 4) is 5.75 Å². The lowest BCUT2D eigenvalue weighted by Crippen LogP contribution is -2.05. The minimum atomic E-state index is -0.485. The predicted octanol–water partition coefficient (Wildman–Crippen LogP) is 3.88. The lowest BCUT2D eigenvalue weighted by molar-refractivity contribution is -0.132. The van der Waals surface area contributed by atoms with Gasteiger partial charge in [0.15, 0.2) is 5.70 Å². The van der Waals surface area contributed by atoms with Crippen LogP contribution in [0.4, 0.5) is 0 Å². The number of cyclic esters (lactones) is 1. The third kappa shape index (κ3) is 3.72. The average Bonchev–Trinajstić information content (AvgIpc) is 2.92. The number of nitrogens with zero attached hydrogens (tertiary/aromatic N) is 1. The number of carbonyl (C=O) groups is 2. The normalized spacial score (nSPS) is 15.0. The zero-order chi connectivity index (χ0) is 18.8. The van der Waals surface area contributed by atoms with E-state index in [-0.39, 0.29) is 11.7 Å². The fourth-order valence-corrected chi connectivity index (χ4v) is 2.84. The molecule has 0 unspecified atom stereocenters. The van der Waals surface area contributed by atoms with E-state index in [1.165, 1.54) is 6.92 Å². The molecule has 0 fully saturated rings. The summed E-state index contributed by atoms with van der Waals surface area (Å²) in [5, 5.41) is 0. The van der Waals surface area contributed by atoms with E-state index in [4.69, 9.17) is 9.47 Å². The summed E-state index contributed by atoms with van der Waals surface area (Å²) in [6, 6.07) is 11.3. The lowest BCUT2D eigenvalue weighted by Gasteiger charge is -2.10. The van der Waals surface area contributed by atoms with Crippen LogP contribution in [0.2, 0.25) is 0 Å². The summed E-state index contributed by atoms with van der Waals surface area (Å²) >= 11 is 0. The van der Waals surface area contributed by atoms with Gasteiger partial charge >= 0.3 is 11.9 Å². The summed E-state index contributed by atoms with van der Waals surface area (Å²) in [6.07, 6.45) is 1.67. The number of aliphatic imine (C=N–C) groups is 1. The van der Waals surface area contributed by atoms with Gasteiger partial charge in [-0.25, -0.2) is 9.79 Å². The number of ether oxygens (including phenoxy) is 2. The van der Waals surface area contributed by atoms with E-state index >= 15 is 0 Å². The SMILES string of the molecule is CC(=O)Oc1c(C)cc(/C=C2\N=C(c3cccc(C)c3)OC2=O)cc1C. The molecule has 0 spiro atoms. The van der Waals surface area contributed by atoms with E-state index in [0.29, 0.717) is 11.6 Å². The molecule has 1 aliphatic heterocycles. The van der Waals surface area contributed by atoms with Gasteiger partial charge in [-0.2, -0.15) is 0 Å². The maximum atomic E-state index is 12.2. The van der Waals surface area contributed by atoms with Gasteiger partial charge in [0, 0.05) is 12.5 Å². The predicted molar refractivity (Wildman–Crippen MR) is 99.0 cm³/mol. The van der Waals surface area contributed by atoms with Crippen LogP contribution in [0.1, 0.15) is 34.7 Å². The van der Waals surface area contributed by atoms with Gasteiger partial charge in [0.1, 0.15) is 5.75 Å². The highest BCUT2D eigenvalue weighted by Crippen LogP contribution is 2.27. The van der Waals surface area contributed by atoms with Crippen molar-refractivity contribution in [2.45, 2.75) is 27.7 Å². The van der Waals surface area contributed by atoms with Gasteiger partial charge in [-0.15, -0.1) is 0 Å². The molecule has 2 aromatic carbocycles. The average molecular weight is 349 g/mol. The number of aryl methyl sites for hydroxylation is 3. The first-order valence-corrected chi connectivity index (χ1v) is 8.23. The zero-order valence-corrected chi connectivity index (χ0v) is 15.1. The molecule has 2 aromatic rings. The Labute approximate surface area is 152 Å². The standard InChI is InChI=1S/C21H19NO4/c1-12-6-5-7-17(8-12)20-22-18(21(24)26-20)11-16-9-13(2)19(14(3)10-16)25-15(4)23/h5-11H,1-4H3/b18-11-. The molecular formula is C21H19NO4. The highest BCUT2D eigenvalue weighted by Gasteiger charge is 2.24. The molecule has 0 atom stereocenters. The minimum Gasteiger partial charge on any atom is -0.426 e. The third-order valence-electron chi connectivity index (χ3n) is 3.92. The van der Waals surface area contributed by atoms with Gasteiger partial charge < -0.3 is 9.47 Å². The number of rotatable bonds is 3. The molecule has 0 aromatic heterocycles. The lowest BCUT2D eigenvalue weighted by atomic mass is 10.0. The first kappa shape index (κ1) is 17.6. The largest absolute Gasteiger partial charge is 0.426 e. The van der Waals surface area contributed by atoms with Crippen LogP contribution in [0.5, 0.6) is 5.75 Å². The molecule has 5 heteroatoms. The van der Waals surface area contributed by atoms with Crippen molar-refractivity contribution in [1.29, 1.82) is 0 Å². The van der Waals surface area contributed by atoms with E-state index in [1.807, 2.05) is 57.2 Å². The second-order valence-corrected chi connectivity index (χ2v) is 6.28. The van der Waals surface area contributed by atoms with Crippen LogP contribution in [-0.4, -0.2) is 17.8 Å². The fraction of sp³-hybridized carbons (Fsp3) is 0.190. The monoisotopic (exact) mass is 349 g/mol. The number of benzene rings is 2. The van der Waals surface area contributed by atoms with Gasteiger partial charge in [-0.3, -0.25) is 4.79 Å². The number of esters is 2. The summed E-state index contributed by atoms with van der Waals surface area (Å²) in [7, 11) is 0. The van der Waals surface area contributed by atoms with Crippen molar-refractivity contribution in [1.82, 2.24) is 0 Å². The number of hydrogen-bond acceptors (Lipinski definition) is 5. The van der Waals surface area contributed by atoms with Crippen LogP contribution in [0.3, 0.4) is 0 Å². The smallest absolute Gasteiger partial charge is 0.363 e. The molecular weight excluding hydrogens is 330 g/mol. The van der Waals surface area contributed by atoms with Crippen LogP contribution in [0.15, 0.2) is 47.1 Å². The summed E-state index contributed by atoms with van der Waals surface area (Å²) in [5.41, 5.74) is 4.46. The summed E-state index contributed by atoms with van der Waals surface area (Å²) in [6.45, 7) is 7.03. The Bertz CT molecular complexity index is 947. The molecule has 1 aliphatic rings. The van der Waals surface area contributed by atoms with Gasteiger partial charge in [-0.05, 0) is 67.8 Å². The zero-order valence-electron chi connectivity index (χ0n) is 15.1. The van der Waals surface area contributed by atoms with Crippen LogP contribution in [0.25, 0.3) is 6.08 Å². The highest BCUT2D eigenvalue weighted by molar-refractivity contribution is 6.12. The Balaban J connectivity index is 1.94. The van der Waals surface area contributed by atoms with Crippen molar-refractivity contribution in [2.75, 3.05) is 0 Å². The maximum Gasteiger partial charge on any atom is 0.363 e. The van der Waals surface area contributed by atoms with E-state index in [2.05, 4.69) is 4.99 Å². The summed E-state index contributed by atoms with van der Waals surface area (Å²) in [4.78, 5) is 27.7. The Kier molecular flexibility index (Phi) is 4.71. The first-order valence-electron chi connectivity index (χ1n) is 8.23. The van der Waals surface area contributed by atoms with Gasteiger partial charge in [0.05, 0.1) is 0 Å². The molecule has 0 radical (unpaired) electrons. The topological polar surface area (TPSA) is 65.0 Å². The molecule has 0 aliphatic carbocycles. The maximum absolute atomic E-state index is 12.2. The van der Waals surface area contributed by atoms with E-state index < -0.39 is 5.97 Å². The quantitative estimate of drug-likeness (QED) is 0.479. The van der Waals surface area contributed by atoms with E-state index in [1.54, 1.807) is 6.08 Å². The molecule has 0 saturated heterocycles. The summed E-state index contributed by atoms with van der Waals surface area (Å²) < 4.78 is 10.5. The second kappa shape index (κ2) is 6.96. The molecule has 0 saturated carbocycles. The van der Waals surface area contributed by atoms with Crippen LogP contribution in [0, 0.1) is 20.8 Å². The number of hydrogen-bond donors (Lipinski definition) is 0. The van der Waals surface area contributed by atoms with Crippen molar-refractivity contribution in [2.24, 2.45) is 4.99 Å². The van der Waals surface area contributed by atoms with Crippen molar-refractivity contribution in [3.05, 3.63) is 69.9 Å². The van der Waals surface area contributed by atoms with E-state index in [0.717, 1.165) is 27.8 Å². The molecule has 26 heavy (non-hydrogen) atoms. The van der Waals surface area contributed by atoms with Crippen LogP contribution < -0.4 is 4.74 Å². The Morgan fingerprint density at radius 1 is 1.12 bits per heavy atom. The highest BCUT2D eigenvalue weighted by atomic mass is 16.6. The Morgan fingerprint density at radius 2 is 1.81 bits per heavy atom. The molecule has 0 N–H and O–H groups in total. The Hall–Kier alpha value is -3.21. The molecule has 0 amide bonds. The van der Waals surface area contributed by atoms with Crippen molar-refractivity contribution < 1.29 is 19.1 Å². The van der Waals surface area contributed by atoms with Gasteiger partial charge in [0.25, 0.3) is 0 Å². The molecule has 1 heterocycles. The summed E-state index contributed by atoms with van der Waals surface area (Å²) in [5.74, 6) is -0.0116. The minimum absolute atomic E-state index is 0.237. The van der Waals surface area contributed by atoms with Crippen LogP contribution in [-0.2, 0) is 14.3 Å². The third-order valence-corrected chi connectivity index (χ3v) is 3.92. The first-order chi connectivity index (χ1) is 12.3. The van der Waals surface area contributed by atoms with Crippen LogP contribution >= 0.6 is 0 Å². The Morgan fingerprint density at radius 3 is 2.42 bits per heavy atom. The van der Waals surface area contributed by atoms with Crippen molar-refractivity contribution in [3.63, 3.8) is 0 Å². The molecule has 3 rings (SSSR count). The van der Waals surface area contributed by atoms with Gasteiger partial charge in [-0.1, -0.05) is 17.7 Å². The van der Waals surface area contributed by atoms with Gasteiger partial charge in [0.2, 0.25) is 5.90 Å². The molecule has 0 bridgehead atoms.